The summed E-state index contributed by atoms with van der Waals surface area (Å²) in [6, 6.07) is 9.42. The van der Waals surface area contributed by atoms with Crippen LogP contribution in [0.4, 0.5) is 0 Å². The Morgan fingerprint density at radius 3 is 1.18 bits per heavy atom. The van der Waals surface area contributed by atoms with E-state index in [4.69, 9.17) is 10.8 Å². The highest BCUT2D eigenvalue weighted by atomic mass is 15.1. The highest BCUT2D eigenvalue weighted by molar-refractivity contribution is 6.30. The minimum atomic E-state index is -2.65. The van der Waals surface area contributed by atoms with Crippen LogP contribution in [0.25, 0.3) is 0 Å². The van der Waals surface area contributed by atoms with Crippen molar-refractivity contribution in [2.45, 2.75) is 11.1 Å². The van der Waals surface area contributed by atoms with E-state index >= 15 is 0 Å². The van der Waals surface area contributed by atoms with Crippen LogP contribution in [0, 0.1) is 78.8 Å². The van der Waals surface area contributed by atoms with Gasteiger partial charge in [-0.15, -0.1) is 0 Å². The molecular weight excluding hydrogens is 360 g/mol. The van der Waals surface area contributed by atoms with Crippen LogP contribution in [0.5, 0.6) is 0 Å². The smallest absolute Gasteiger partial charge is 0.244 e. The predicted molar refractivity (Wildman–Crippen MR) is 91.4 cm³/mol. The molecule has 12 nitrogen and oxygen atoms in total. The van der Waals surface area contributed by atoms with Crippen molar-refractivity contribution in [3.63, 3.8) is 0 Å². The summed E-state index contributed by atoms with van der Waals surface area (Å²) in [7, 11) is 0. The van der Waals surface area contributed by atoms with Gasteiger partial charge >= 0.3 is 0 Å². The van der Waals surface area contributed by atoms with E-state index in [-0.39, 0.29) is 0 Å². The molecule has 0 aromatic carbocycles. The van der Waals surface area contributed by atoms with E-state index in [1.54, 1.807) is 48.2 Å². The lowest BCUT2D eigenvalue weighted by atomic mass is 9.71. The third-order valence-corrected chi connectivity index (χ3v) is 3.65. The van der Waals surface area contributed by atoms with Gasteiger partial charge < -0.3 is 0 Å². The summed E-state index contributed by atoms with van der Waals surface area (Å²) in [6.07, 6.45) is 0. The van der Waals surface area contributed by atoms with E-state index in [0.717, 1.165) is 0 Å². The summed E-state index contributed by atoms with van der Waals surface area (Å²) in [6.45, 7) is 0. The highest BCUT2D eigenvalue weighted by Gasteiger charge is 2.64. The molecule has 0 amide bonds. The normalized spacial score (nSPS) is 25.2. The number of rotatable bonds is 1. The molecular formula is C16H2N12. The number of aliphatic imine (C=N–C) groups is 4. The van der Waals surface area contributed by atoms with E-state index < -0.39 is 45.3 Å². The van der Waals surface area contributed by atoms with Crippen LogP contribution < -0.4 is 0 Å². The molecule has 2 heterocycles. The van der Waals surface area contributed by atoms with Crippen LogP contribution in [-0.4, -0.2) is 45.7 Å². The van der Waals surface area contributed by atoms with Gasteiger partial charge in [0.1, 0.15) is 36.4 Å². The molecule has 12 heteroatoms. The first-order chi connectivity index (χ1) is 13.5. The lowest BCUT2D eigenvalue weighted by molar-refractivity contribution is 0.556. The van der Waals surface area contributed by atoms with E-state index in [1.165, 1.54) is 0 Å². The molecule has 0 saturated carbocycles. The van der Waals surface area contributed by atoms with Crippen molar-refractivity contribution in [2.75, 3.05) is 0 Å². The fourth-order valence-corrected chi connectivity index (χ4v) is 2.40. The standard InChI is InChI=1S/C16H2N12/c17-1-9-11(3-19)27-15(7-23,13(5-21)25-9)16(8-24)14(6-22)26-10(2-18)12(4-20)28-16/h17-18H/t15-,16+. The summed E-state index contributed by atoms with van der Waals surface area (Å²) in [5.74, 6) is 3.57. The minimum absolute atomic E-state index is 0.464. The molecule has 0 saturated heterocycles. The second-order valence-corrected chi connectivity index (χ2v) is 4.88. The van der Waals surface area contributed by atoms with Crippen molar-refractivity contribution in [3.8, 4) is 36.4 Å². The van der Waals surface area contributed by atoms with Gasteiger partial charge in [0.05, 0.1) is 0 Å². The van der Waals surface area contributed by atoms with Gasteiger partial charge in [-0.05, 0) is 0 Å². The van der Waals surface area contributed by atoms with Gasteiger partial charge in [-0.25, -0.2) is 20.0 Å². The van der Waals surface area contributed by atoms with Crippen molar-refractivity contribution in [1.82, 2.24) is 0 Å². The molecule has 0 aromatic rings. The van der Waals surface area contributed by atoms with Gasteiger partial charge in [-0.1, -0.05) is 0 Å². The fraction of sp³-hybridized carbons (Fsp3) is 0.125. The first-order valence-corrected chi connectivity index (χ1v) is 6.88. The molecule has 126 valence electrons. The number of allylic oxidation sites excluding steroid dienone is 2. The maximum Gasteiger partial charge on any atom is 0.244 e. The first-order valence-electron chi connectivity index (χ1n) is 6.88. The van der Waals surface area contributed by atoms with Crippen LogP contribution in [0.2, 0.25) is 0 Å². The zero-order valence-corrected chi connectivity index (χ0v) is 13.5. The molecule has 0 radical (unpaired) electrons. The van der Waals surface area contributed by atoms with E-state index in [9.17, 15) is 31.6 Å². The second kappa shape index (κ2) is 6.79. The van der Waals surface area contributed by atoms with Crippen LogP contribution in [0.3, 0.4) is 0 Å². The lowest BCUT2D eigenvalue weighted by Crippen LogP contribution is -2.62. The van der Waals surface area contributed by atoms with Gasteiger partial charge in [0, 0.05) is 11.7 Å². The second-order valence-electron chi connectivity index (χ2n) is 4.88. The summed E-state index contributed by atoms with van der Waals surface area (Å²) in [4.78, 5) is 15.0. The van der Waals surface area contributed by atoms with E-state index in [0.29, 0.717) is 0 Å². The maximum absolute atomic E-state index is 9.86. The van der Waals surface area contributed by atoms with Gasteiger partial charge in [0.25, 0.3) is 0 Å². The lowest BCUT2D eigenvalue weighted by Gasteiger charge is -2.36. The third-order valence-electron chi connectivity index (χ3n) is 3.65. The van der Waals surface area contributed by atoms with Gasteiger partial charge in [0.2, 0.25) is 11.1 Å². The number of hydrogen-bond acceptors (Lipinski definition) is 12. The van der Waals surface area contributed by atoms with Crippen molar-refractivity contribution < 1.29 is 0 Å². The van der Waals surface area contributed by atoms with Crippen molar-refractivity contribution in [3.05, 3.63) is 11.4 Å². The SMILES string of the molecule is N#CC1=N[C@](C#N)([C@]2(C#N)N=C(C#N)C(=C=N)N=C2C#N)C(C#N)=NC1=C=N. The Morgan fingerprint density at radius 1 is 0.607 bits per heavy atom. The highest BCUT2D eigenvalue weighted by Crippen LogP contribution is 2.38. The Morgan fingerprint density at radius 2 is 0.964 bits per heavy atom. The van der Waals surface area contributed by atoms with Gasteiger partial charge in [0.15, 0.2) is 34.2 Å². The largest absolute Gasteiger partial charge is 0.257 e. The van der Waals surface area contributed by atoms with Crippen molar-refractivity contribution in [1.29, 1.82) is 42.4 Å². The third kappa shape index (κ3) is 2.21. The number of nitriles is 6. The maximum atomic E-state index is 9.86. The zero-order valence-electron chi connectivity index (χ0n) is 13.5. The Bertz CT molecular complexity index is 1180. The molecule has 2 atom stereocenters. The Balaban J connectivity index is 3.11. The van der Waals surface area contributed by atoms with Gasteiger partial charge in [-0.2, -0.15) is 31.6 Å². The van der Waals surface area contributed by atoms with Crippen molar-refractivity contribution >= 4 is 34.6 Å². The molecule has 2 aliphatic rings. The summed E-state index contributed by atoms with van der Waals surface area (Å²) >= 11 is 0. The predicted octanol–water partition coefficient (Wildman–Crippen LogP) is -0.339. The van der Waals surface area contributed by atoms with Crippen LogP contribution >= 0.6 is 0 Å². The van der Waals surface area contributed by atoms with Crippen LogP contribution in [-0.2, 0) is 0 Å². The summed E-state index contributed by atoms with van der Waals surface area (Å²) in [5, 5.41) is 71.4. The van der Waals surface area contributed by atoms with Crippen LogP contribution in [0.1, 0.15) is 0 Å². The minimum Gasteiger partial charge on any atom is -0.257 e. The summed E-state index contributed by atoms with van der Waals surface area (Å²) in [5.41, 5.74) is -8.94. The monoisotopic (exact) mass is 362 g/mol. The Kier molecular flexibility index (Phi) is 4.57. The Hall–Kier alpha value is -5.48. The molecule has 2 N–H and O–H groups in total. The number of nitrogens with zero attached hydrogens (tertiary/aromatic N) is 10. The number of hydrogen-bond donors (Lipinski definition) is 2. The van der Waals surface area contributed by atoms with Crippen molar-refractivity contribution in [2.24, 2.45) is 20.0 Å². The molecule has 0 bridgehead atoms. The first kappa shape index (κ1) is 18.9. The van der Waals surface area contributed by atoms with Gasteiger partial charge in [-0.3, -0.25) is 10.8 Å². The molecule has 28 heavy (non-hydrogen) atoms. The zero-order chi connectivity index (χ0) is 20.9. The van der Waals surface area contributed by atoms with Crippen LogP contribution in [0.15, 0.2) is 31.4 Å². The van der Waals surface area contributed by atoms with E-state index in [2.05, 4.69) is 20.0 Å². The van der Waals surface area contributed by atoms with E-state index in [1.807, 2.05) is 0 Å². The molecule has 0 aromatic heterocycles. The number of nitrogens with one attached hydrogen (secondary N) is 2. The summed E-state index contributed by atoms with van der Waals surface area (Å²) < 4.78 is 0. The topological polar surface area (TPSA) is 240 Å². The molecule has 0 aliphatic carbocycles. The molecule has 2 aliphatic heterocycles. The fourth-order valence-electron chi connectivity index (χ4n) is 2.40. The molecule has 0 spiro atoms. The average molecular weight is 362 g/mol. The Labute approximate surface area is 156 Å². The quantitative estimate of drug-likeness (QED) is 0.590. The average Bonchev–Trinajstić information content (AvgIpc) is 2.76. The molecule has 0 fully saturated rings. The molecule has 0 unspecified atom stereocenters. The molecule has 2 rings (SSSR count).